The Hall–Kier alpha value is -4.70. The van der Waals surface area contributed by atoms with Gasteiger partial charge in [0.2, 0.25) is 0 Å². The number of nitrogens with one attached hydrogen (secondary N) is 1. The van der Waals surface area contributed by atoms with Crippen LogP contribution in [0.5, 0.6) is 6.01 Å². The normalized spacial score (nSPS) is 11.5. The Morgan fingerprint density at radius 2 is 1.62 bits per heavy atom. The van der Waals surface area contributed by atoms with Gasteiger partial charge in [0.25, 0.3) is 5.91 Å². The van der Waals surface area contributed by atoms with Gasteiger partial charge in [-0.05, 0) is 53.2 Å². The zero-order chi connectivity index (χ0) is 27.4. The van der Waals surface area contributed by atoms with Crippen molar-refractivity contribution in [3.8, 4) is 23.1 Å². The summed E-state index contributed by atoms with van der Waals surface area (Å²) in [7, 11) is 1.53. The lowest BCUT2D eigenvalue weighted by Gasteiger charge is -2.10. The van der Waals surface area contributed by atoms with Crippen molar-refractivity contribution in [1.82, 2.24) is 14.8 Å². The summed E-state index contributed by atoms with van der Waals surface area (Å²) in [6, 6.07) is 24.8. The van der Waals surface area contributed by atoms with Crippen LogP contribution >= 0.6 is 0 Å². The van der Waals surface area contributed by atoms with Crippen LogP contribution in [0.4, 0.5) is 18.9 Å². The molecule has 39 heavy (non-hydrogen) atoms. The second kappa shape index (κ2) is 11.0. The molecule has 0 bridgehead atoms. The van der Waals surface area contributed by atoms with E-state index in [0.717, 1.165) is 22.9 Å². The number of hydrogen-bond donors (Lipinski definition) is 1. The van der Waals surface area contributed by atoms with Crippen molar-refractivity contribution in [2.24, 2.45) is 0 Å². The van der Waals surface area contributed by atoms with Crippen molar-refractivity contribution in [1.29, 1.82) is 0 Å². The van der Waals surface area contributed by atoms with E-state index in [-0.39, 0.29) is 18.5 Å². The number of methoxy groups -OCH3 is 1. The van der Waals surface area contributed by atoms with Gasteiger partial charge >= 0.3 is 12.2 Å². The van der Waals surface area contributed by atoms with E-state index in [0.29, 0.717) is 34.9 Å². The van der Waals surface area contributed by atoms with Crippen LogP contribution in [-0.2, 0) is 10.9 Å². The number of carbonyl (C=O) groups excluding carboxylic acids is 1. The summed E-state index contributed by atoms with van der Waals surface area (Å²) in [5.41, 5.74) is 1.34. The lowest BCUT2D eigenvalue weighted by Crippen LogP contribution is -2.12. The molecule has 0 atom stereocenters. The Balaban J connectivity index is 1.42. The summed E-state index contributed by atoms with van der Waals surface area (Å²) in [6.07, 6.45) is -4.45. The molecule has 198 valence electrons. The molecule has 0 radical (unpaired) electrons. The topological polar surface area (TPSA) is 78.3 Å². The molecule has 0 spiro atoms. The van der Waals surface area contributed by atoms with E-state index in [4.69, 9.17) is 9.47 Å². The fourth-order valence-electron chi connectivity index (χ4n) is 4.05. The number of alkyl halides is 3. The molecule has 1 N–H and O–H groups in total. The zero-order valence-corrected chi connectivity index (χ0v) is 20.8. The second-order valence-electron chi connectivity index (χ2n) is 8.57. The number of anilines is 1. The van der Waals surface area contributed by atoms with Crippen molar-refractivity contribution in [2.75, 3.05) is 25.6 Å². The van der Waals surface area contributed by atoms with E-state index in [1.54, 1.807) is 30.3 Å². The molecule has 7 nitrogen and oxygen atoms in total. The predicted molar refractivity (Wildman–Crippen MR) is 141 cm³/mol. The molecule has 4 aromatic carbocycles. The lowest BCUT2D eigenvalue weighted by atomic mass is 10.0. The highest BCUT2D eigenvalue weighted by Crippen LogP contribution is 2.32. The third-order valence-electron chi connectivity index (χ3n) is 5.98. The fourth-order valence-corrected chi connectivity index (χ4v) is 4.05. The number of hydrogen-bond acceptors (Lipinski definition) is 5. The lowest BCUT2D eigenvalue weighted by molar-refractivity contribution is -0.137. The van der Waals surface area contributed by atoms with Crippen LogP contribution in [0, 0.1) is 0 Å². The molecule has 0 aliphatic heterocycles. The minimum absolute atomic E-state index is 0.0512. The summed E-state index contributed by atoms with van der Waals surface area (Å²) in [5, 5.41) is 9.11. The number of ether oxygens (including phenoxy) is 2. The van der Waals surface area contributed by atoms with Gasteiger partial charge in [0.1, 0.15) is 6.61 Å². The van der Waals surface area contributed by atoms with Crippen LogP contribution in [0.25, 0.3) is 27.8 Å². The Labute approximate surface area is 221 Å². The monoisotopic (exact) mass is 532 g/mol. The van der Waals surface area contributed by atoms with Crippen molar-refractivity contribution in [3.05, 3.63) is 102 Å². The van der Waals surface area contributed by atoms with E-state index in [1.165, 1.54) is 23.9 Å². The van der Waals surface area contributed by atoms with Crippen molar-refractivity contribution in [2.45, 2.75) is 6.18 Å². The smallest absolute Gasteiger partial charge is 0.416 e. The quantitative estimate of drug-likeness (QED) is 0.235. The van der Waals surface area contributed by atoms with Crippen molar-refractivity contribution >= 4 is 22.4 Å². The van der Waals surface area contributed by atoms with E-state index < -0.39 is 11.7 Å². The average Bonchev–Trinajstić information content (AvgIpc) is 3.37. The average molecular weight is 533 g/mol. The molecular formula is C29H23F3N4O3. The highest BCUT2D eigenvalue weighted by molar-refractivity contribution is 6.12. The maximum atomic E-state index is 13.1. The van der Waals surface area contributed by atoms with Crippen LogP contribution in [0.2, 0.25) is 0 Å². The van der Waals surface area contributed by atoms with E-state index in [1.807, 2.05) is 36.4 Å². The molecule has 10 heteroatoms. The molecule has 0 saturated carbocycles. The fraction of sp³-hybridized carbons (Fsp3) is 0.138. The maximum absolute atomic E-state index is 13.1. The number of amides is 1. The Kier molecular flexibility index (Phi) is 7.29. The highest BCUT2D eigenvalue weighted by Gasteiger charge is 2.30. The Bertz CT molecular complexity index is 1590. The molecule has 5 aromatic rings. The number of carbonyl (C=O) groups is 1. The van der Waals surface area contributed by atoms with Gasteiger partial charge < -0.3 is 14.8 Å². The largest absolute Gasteiger partial charge is 0.460 e. The number of aromatic nitrogens is 3. The van der Waals surface area contributed by atoms with E-state index in [9.17, 15) is 18.0 Å². The molecule has 1 heterocycles. The summed E-state index contributed by atoms with van der Waals surface area (Å²) < 4.78 is 51.2. The molecule has 0 saturated heterocycles. The summed E-state index contributed by atoms with van der Waals surface area (Å²) in [5.74, 6) is 0.0447. The van der Waals surface area contributed by atoms with Crippen LogP contribution in [0.3, 0.4) is 0 Å². The third-order valence-corrected chi connectivity index (χ3v) is 5.98. The second-order valence-corrected chi connectivity index (χ2v) is 8.57. The first-order valence-corrected chi connectivity index (χ1v) is 12.0. The third kappa shape index (κ3) is 5.75. The van der Waals surface area contributed by atoms with Gasteiger partial charge in [-0.2, -0.15) is 18.2 Å². The molecule has 0 unspecified atom stereocenters. The number of fused-ring (bicyclic) bond motifs is 1. The highest BCUT2D eigenvalue weighted by atomic mass is 19.4. The Morgan fingerprint density at radius 1 is 0.897 bits per heavy atom. The number of benzene rings is 4. The number of halogens is 3. The maximum Gasteiger partial charge on any atom is 0.416 e. The first-order chi connectivity index (χ1) is 18.8. The van der Waals surface area contributed by atoms with Gasteiger partial charge in [0.05, 0.1) is 17.9 Å². The summed E-state index contributed by atoms with van der Waals surface area (Å²) in [6.45, 7) is 0.515. The summed E-state index contributed by atoms with van der Waals surface area (Å²) in [4.78, 5) is 17.4. The van der Waals surface area contributed by atoms with Crippen LogP contribution < -0.4 is 10.1 Å². The van der Waals surface area contributed by atoms with Crippen molar-refractivity contribution < 1.29 is 27.4 Å². The van der Waals surface area contributed by atoms with Crippen LogP contribution in [-0.4, -0.2) is 41.0 Å². The predicted octanol–water partition coefficient (Wildman–Crippen LogP) is 6.38. The Morgan fingerprint density at radius 3 is 2.33 bits per heavy atom. The molecule has 1 amide bonds. The summed E-state index contributed by atoms with van der Waals surface area (Å²) >= 11 is 0. The number of nitrogens with zero attached hydrogens (tertiary/aromatic N) is 3. The zero-order valence-electron chi connectivity index (χ0n) is 20.8. The standard InChI is InChI=1S/C29H23F3N4O3/c1-38-17-18-39-28-34-26(20-9-11-21(12-10-20)29(30,31)32)36(35-28)23-15-13-22(14-16-23)33-27(37)25-8-4-6-19-5-2-3-7-24(19)25/h2-16H,17-18H2,1H3,(H,33,37). The molecule has 1 aromatic heterocycles. The van der Waals surface area contributed by atoms with Crippen molar-refractivity contribution in [3.63, 3.8) is 0 Å². The van der Waals surface area contributed by atoms with E-state index >= 15 is 0 Å². The molecule has 0 aliphatic rings. The van der Waals surface area contributed by atoms with Gasteiger partial charge in [-0.3, -0.25) is 4.79 Å². The van der Waals surface area contributed by atoms with Crippen LogP contribution in [0.15, 0.2) is 91.0 Å². The van der Waals surface area contributed by atoms with E-state index in [2.05, 4.69) is 15.4 Å². The first kappa shape index (κ1) is 25.9. The molecule has 0 aliphatic carbocycles. The molecule has 0 fully saturated rings. The van der Waals surface area contributed by atoms with Gasteiger partial charge in [-0.1, -0.05) is 48.5 Å². The SMILES string of the molecule is COCCOc1nc(-c2ccc(C(F)(F)F)cc2)n(-c2ccc(NC(=O)c3cccc4ccccc34)cc2)n1. The minimum atomic E-state index is -4.45. The molecule has 5 rings (SSSR count). The van der Waals surface area contributed by atoms with Gasteiger partial charge in [0.15, 0.2) is 5.82 Å². The van der Waals surface area contributed by atoms with Gasteiger partial charge in [-0.15, -0.1) is 5.10 Å². The molecular weight excluding hydrogens is 509 g/mol. The first-order valence-electron chi connectivity index (χ1n) is 12.0. The number of rotatable bonds is 8. The van der Waals surface area contributed by atoms with Gasteiger partial charge in [0, 0.05) is 23.9 Å². The minimum Gasteiger partial charge on any atom is -0.460 e. The van der Waals surface area contributed by atoms with Crippen LogP contribution in [0.1, 0.15) is 15.9 Å². The van der Waals surface area contributed by atoms with Gasteiger partial charge in [-0.25, -0.2) is 4.68 Å².